The molecule has 20 heavy (non-hydrogen) atoms. The van der Waals surface area contributed by atoms with Crippen molar-refractivity contribution in [1.29, 1.82) is 0 Å². The van der Waals surface area contributed by atoms with E-state index in [0.717, 1.165) is 18.5 Å². The van der Waals surface area contributed by atoms with E-state index in [2.05, 4.69) is 0 Å². The molecule has 2 atom stereocenters. The van der Waals surface area contributed by atoms with Crippen LogP contribution in [0.1, 0.15) is 26.7 Å². The topological polar surface area (TPSA) is 49.8 Å². The van der Waals surface area contributed by atoms with Crippen molar-refractivity contribution in [1.82, 2.24) is 0 Å². The third kappa shape index (κ3) is 3.87. The summed E-state index contributed by atoms with van der Waals surface area (Å²) in [5, 5.41) is 9.81. The number of carboxylic acids is 1. The van der Waals surface area contributed by atoms with Gasteiger partial charge in [0.2, 0.25) is 0 Å². The predicted octanol–water partition coefficient (Wildman–Crippen LogP) is 3.19. The second-order valence-electron chi connectivity index (χ2n) is 5.38. The maximum absolute atomic E-state index is 11.2. The lowest BCUT2D eigenvalue weighted by Gasteiger charge is -2.40. The van der Waals surface area contributed by atoms with E-state index in [9.17, 15) is 4.79 Å². The van der Waals surface area contributed by atoms with Crippen molar-refractivity contribution in [2.24, 2.45) is 0 Å². The van der Waals surface area contributed by atoms with Crippen molar-refractivity contribution >= 4 is 23.3 Å². The Kier molecular flexibility index (Phi) is 4.89. The van der Waals surface area contributed by atoms with Crippen LogP contribution in [-0.2, 0) is 9.53 Å². The molecule has 1 aromatic carbocycles. The molecule has 0 aliphatic carbocycles. The summed E-state index contributed by atoms with van der Waals surface area (Å²) in [6, 6.07) is 7.49. The Bertz CT molecular complexity index is 453. The van der Waals surface area contributed by atoms with Crippen LogP contribution in [0.5, 0.6) is 0 Å². The number of hydrogen-bond acceptors (Lipinski definition) is 3. The number of anilines is 1. The van der Waals surface area contributed by atoms with Crippen LogP contribution in [0, 0.1) is 0 Å². The van der Waals surface area contributed by atoms with Crippen LogP contribution in [0.25, 0.3) is 0 Å². The lowest BCUT2D eigenvalue weighted by Crippen LogP contribution is -2.46. The van der Waals surface area contributed by atoms with E-state index in [1.165, 1.54) is 0 Å². The summed E-state index contributed by atoms with van der Waals surface area (Å²) < 4.78 is 5.73. The molecule has 110 valence electrons. The van der Waals surface area contributed by atoms with Gasteiger partial charge in [-0.2, -0.15) is 0 Å². The van der Waals surface area contributed by atoms with E-state index < -0.39 is 5.97 Å². The monoisotopic (exact) mass is 297 g/mol. The van der Waals surface area contributed by atoms with Crippen molar-refractivity contribution < 1.29 is 14.6 Å². The molecule has 0 saturated carbocycles. The van der Waals surface area contributed by atoms with Gasteiger partial charge >= 0.3 is 5.97 Å². The highest BCUT2D eigenvalue weighted by Gasteiger charge is 2.30. The van der Waals surface area contributed by atoms with Gasteiger partial charge in [0.1, 0.15) is 6.54 Å². The Morgan fingerprint density at radius 1 is 1.30 bits per heavy atom. The summed E-state index contributed by atoms with van der Waals surface area (Å²) in [6.07, 6.45) is 1.96. The zero-order chi connectivity index (χ0) is 14.7. The van der Waals surface area contributed by atoms with Crippen LogP contribution < -0.4 is 4.90 Å². The van der Waals surface area contributed by atoms with Crippen LogP contribution in [-0.4, -0.2) is 35.9 Å². The van der Waals surface area contributed by atoms with Gasteiger partial charge in [0.15, 0.2) is 0 Å². The molecule has 1 heterocycles. The van der Waals surface area contributed by atoms with Gasteiger partial charge < -0.3 is 14.7 Å². The highest BCUT2D eigenvalue weighted by atomic mass is 35.5. The van der Waals surface area contributed by atoms with Gasteiger partial charge in [-0.1, -0.05) is 11.6 Å². The molecular formula is C15H20ClNO3. The van der Waals surface area contributed by atoms with Crippen molar-refractivity contribution in [3.05, 3.63) is 29.3 Å². The molecule has 0 aromatic heterocycles. The van der Waals surface area contributed by atoms with Crippen LogP contribution in [0.3, 0.4) is 0 Å². The molecular weight excluding hydrogens is 278 g/mol. The van der Waals surface area contributed by atoms with Crippen LogP contribution in [0.15, 0.2) is 24.3 Å². The molecule has 1 aromatic rings. The number of benzene rings is 1. The zero-order valence-corrected chi connectivity index (χ0v) is 12.5. The molecule has 2 unspecified atom stereocenters. The molecule has 4 nitrogen and oxygen atoms in total. The van der Waals surface area contributed by atoms with Gasteiger partial charge in [0.25, 0.3) is 0 Å². The number of aliphatic carboxylic acids is 1. The Balaban J connectivity index is 2.22. The summed E-state index contributed by atoms with van der Waals surface area (Å²) in [5.41, 5.74) is 0.892. The molecule has 1 aliphatic rings. The maximum Gasteiger partial charge on any atom is 0.323 e. The van der Waals surface area contributed by atoms with E-state index in [4.69, 9.17) is 21.4 Å². The van der Waals surface area contributed by atoms with E-state index in [-0.39, 0.29) is 24.8 Å². The number of nitrogens with zero attached hydrogens (tertiary/aromatic N) is 1. The maximum atomic E-state index is 11.2. The number of halogens is 1. The average molecular weight is 298 g/mol. The Morgan fingerprint density at radius 3 is 2.35 bits per heavy atom. The third-order valence-corrected chi connectivity index (χ3v) is 3.83. The lowest BCUT2D eigenvalue weighted by molar-refractivity contribution is -0.135. The first-order chi connectivity index (χ1) is 9.45. The third-order valence-electron chi connectivity index (χ3n) is 3.58. The van der Waals surface area contributed by atoms with Crippen molar-refractivity contribution in [3.8, 4) is 0 Å². The average Bonchev–Trinajstić information content (AvgIpc) is 2.35. The van der Waals surface area contributed by atoms with Crippen molar-refractivity contribution in [2.45, 2.75) is 44.9 Å². The molecule has 0 radical (unpaired) electrons. The standard InChI is InChI=1S/C15H20ClNO3/c1-10-7-14(8-11(2)20-10)17(9-15(18)19)13-5-3-12(16)4-6-13/h3-6,10-11,14H,7-9H2,1-2H3,(H,18,19). The molecule has 1 fully saturated rings. The number of hydrogen-bond donors (Lipinski definition) is 1. The first-order valence-corrected chi connectivity index (χ1v) is 7.23. The first kappa shape index (κ1) is 15.1. The van der Waals surface area contributed by atoms with Crippen molar-refractivity contribution in [3.63, 3.8) is 0 Å². The molecule has 0 spiro atoms. The zero-order valence-electron chi connectivity index (χ0n) is 11.8. The fraction of sp³-hybridized carbons (Fsp3) is 0.533. The minimum Gasteiger partial charge on any atom is -0.480 e. The Hall–Kier alpha value is -1.26. The van der Waals surface area contributed by atoms with Gasteiger partial charge in [0, 0.05) is 16.8 Å². The van der Waals surface area contributed by atoms with E-state index in [0.29, 0.717) is 5.02 Å². The SMILES string of the molecule is CC1CC(N(CC(=O)O)c2ccc(Cl)cc2)CC(C)O1. The van der Waals surface area contributed by atoms with Crippen LogP contribution >= 0.6 is 11.6 Å². The van der Waals surface area contributed by atoms with Gasteiger partial charge in [0.05, 0.1) is 12.2 Å². The first-order valence-electron chi connectivity index (χ1n) is 6.85. The van der Waals surface area contributed by atoms with E-state index >= 15 is 0 Å². The summed E-state index contributed by atoms with van der Waals surface area (Å²) in [5.74, 6) is -0.827. The summed E-state index contributed by atoms with van der Waals surface area (Å²) >= 11 is 5.90. The highest BCUT2D eigenvalue weighted by Crippen LogP contribution is 2.28. The Labute approximate surface area is 124 Å². The number of ether oxygens (including phenoxy) is 1. The van der Waals surface area contributed by atoms with E-state index in [1.54, 1.807) is 12.1 Å². The van der Waals surface area contributed by atoms with Crippen molar-refractivity contribution in [2.75, 3.05) is 11.4 Å². The molecule has 1 aliphatic heterocycles. The molecule has 0 bridgehead atoms. The molecule has 2 rings (SSSR count). The normalized spacial score (nSPS) is 26.2. The smallest absolute Gasteiger partial charge is 0.323 e. The fourth-order valence-electron chi connectivity index (χ4n) is 2.83. The largest absolute Gasteiger partial charge is 0.480 e. The minimum atomic E-state index is -0.827. The molecule has 0 amide bonds. The lowest BCUT2D eigenvalue weighted by atomic mass is 9.97. The second kappa shape index (κ2) is 6.46. The molecule has 1 saturated heterocycles. The summed E-state index contributed by atoms with van der Waals surface area (Å²) in [7, 11) is 0. The van der Waals surface area contributed by atoms with Crippen LogP contribution in [0.2, 0.25) is 5.02 Å². The molecule has 1 N–H and O–H groups in total. The van der Waals surface area contributed by atoms with Gasteiger partial charge in [-0.05, 0) is 51.0 Å². The highest BCUT2D eigenvalue weighted by molar-refractivity contribution is 6.30. The number of carboxylic acid groups (broad SMARTS) is 1. The van der Waals surface area contributed by atoms with E-state index in [1.807, 2.05) is 30.9 Å². The molecule has 5 heteroatoms. The quantitative estimate of drug-likeness (QED) is 0.927. The number of rotatable bonds is 4. The summed E-state index contributed by atoms with van der Waals surface area (Å²) in [6.45, 7) is 4.05. The van der Waals surface area contributed by atoms with Crippen LogP contribution in [0.4, 0.5) is 5.69 Å². The van der Waals surface area contributed by atoms with Gasteiger partial charge in [-0.15, -0.1) is 0 Å². The fourth-order valence-corrected chi connectivity index (χ4v) is 2.96. The predicted molar refractivity (Wildman–Crippen MR) is 79.5 cm³/mol. The minimum absolute atomic E-state index is 0.00820. The number of carbonyl (C=O) groups is 1. The second-order valence-corrected chi connectivity index (χ2v) is 5.82. The van der Waals surface area contributed by atoms with Gasteiger partial charge in [-0.3, -0.25) is 4.79 Å². The summed E-state index contributed by atoms with van der Waals surface area (Å²) in [4.78, 5) is 13.1. The van der Waals surface area contributed by atoms with Gasteiger partial charge in [-0.25, -0.2) is 0 Å². The Morgan fingerprint density at radius 2 is 1.85 bits per heavy atom.